The summed E-state index contributed by atoms with van der Waals surface area (Å²) >= 11 is 0. The van der Waals surface area contributed by atoms with Crippen LogP contribution in [0.3, 0.4) is 0 Å². The highest BCUT2D eigenvalue weighted by Crippen LogP contribution is 2.19. The Bertz CT molecular complexity index is 1050. The van der Waals surface area contributed by atoms with Gasteiger partial charge in [0, 0.05) is 30.1 Å². The van der Waals surface area contributed by atoms with Gasteiger partial charge in [0.05, 0.1) is 0 Å². The quantitative estimate of drug-likeness (QED) is 0.201. The van der Waals surface area contributed by atoms with Gasteiger partial charge in [-0.25, -0.2) is 0 Å². The summed E-state index contributed by atoms with van der Waals surface area (Å²) in [6, 6.07) is 15.9. The third-order valence-electron chi connectivity index (χ3n) is 5.55. The Hall–Kier alpha value is -3.65. The molecule has 0 fully saturated rings. The maximum Gasteiger partial charge on any atom is 0.243 e. The second-order valence-corrected chi connectivity index (χ2v) is 7.91. The van der Waals surface area contributed by atoms with E-state index in [2.05, 4.69) is 26.3 Å². The fourth-order valence-corrected chi connectivity index (χ4v) is 3.77. The number of carbonyl (C=O) groups is 3. The molecule has 1 heterocycles. The number of carbonyl (C=O) groups excluding carboxylic acids is 3. The van der Waals surface area contributed by atoms with E-state index in [1.807, 2.05) is 67.8 Å². The van der Waals surface area contributed by atoms with E-state index in [1.54, 1.807) is 0 Å². The van der Waals surface area contributed by atoms with Gasteiger partial charge in [-0.05, 0) is 43.6 Å². The maximum absolute atomic E-state index is 13.1. The predicted octanol–water partition coefficient (Wildman–Crippen LogP) is 1.63. The lowest BCUT2D eigenvalue weighted by atomic mass is 10.0. The van der Waals surface area contributed by atoms with E-state index in [1.165, 1.54) is 0 Å². The molecule has 0 aliphatic carbocycles. The minimum absolute atomic E-state index is 0.280. The molecule has 3 rings (SSSR count). The van der Waals surface area contributed by atoms with Gasteiger partial charge in [0.1, 0.15) is 12.1 Å². The van der Waals surface area contributed by atoms with Gasteiger partial charge in [-0.2, -0.15) is 0 Å². The van der Waals surface area contributed by atoms with E-state index in [0.717, 1.165) is 28.6 Å². The lowest BCUT2D eigenvalue weighted by Crippen LogP contribution is -2.53. The summed E-state index contributed by atoms with van der Waals surface area (Å²) < 4.78 is 0. The Labute approximate surface area is 193 Å². The highest BCUT2D eigenvalue weighted by Gasteiger charge is 2.26. The van der Waals surface area contributed by atoms with Gasteiger partial charge < -0.3 is 26.3 Å². The number of aromatic nitrogens is 1. The van der Waals surface area contributed by atoms with Gasteiger partial charge in [0.2, 0.25) is 18.2 Å². The first-order chi connectivity index (χ1) is 16.1. The Morgan fingerprint density at radius 2 is 1.76 bits per heavy atom. The number of nitrogens with one attached hydrogen (secondary N) is 5. The third kappa shape index (κ3) is 6.92. The number of H-pyrrole nitrogens is 1. The van der Waals surface area contributed by atoms with Crippen molar-refractivity contribution in [2.24, 2.45) is 0 Å². The van der Waals surface area contributed by atoms with Crippen molar-refractivity contribution in [2.45, 2.75) is 37.9 Å². The van der Waals surface area contributed by atoms with Gasteiger partial charge >= 0.3 is 0 Å². The summed E-state index contributed by atoms with van der Waals surface area (Å²) in [5.74, 6) is -0.657. The molecular weight excluding hydrogens is 418 g/mol. The number of fused-ring (bicyclic) bond motifs is 1. The van der Waals surface area contributed by atoms with E-state index in [-0.39, 0.29) is 11.8 Å². The van der Waals surface area contributed by atoms with Crippen LogP contribution in [0.5, 0.6) is 0 Å². The van der Waals surface area contributed by atoms with E-state index < -0.39 is 12.1 Å². The molecule has 0 saturated heterocycles. The molecule has 2 atom stereocenters. The van der Waals surface area contributed by atoms with Crippen LogP contribution in [-0.4, -0.2) is 48.9 Å². The van der Waals surface area contributed by atoms with Crippen molar-refractivity contribution in [1.82, 2.24) is 26.3 Å². The zero-order valence-corrected chi connectivity index (χ0v) is 18.8. The largest absolute Gasteiger partial charge is 0.361 e. The molecule has 3 amide bonds. The predicted molar refractivity (Wildman–Crippen MR) is 128 cm³/mol. The van der Waals surface area contributed by atoms with E-state index in [4.69, 9.17) is 0 Å². The van der Waals surface area contributed by atoms with Crippen LogP contribution in [0, 0.1) is 0 Å². The molecule has 1 aromatic heterocycles. The van der Waals surface area contributed by atoms with Gasteiger partial charge in [-0.1, -0.05) is 48.5 Å². The standard InChI is InChI=1S/C25H31N5O3/c1-26-13-7-12-22(29-17-31)25(33)30-23(24(32)28-15-18-8-3-2-4-9-18)14-19-16-27-21-11-6-5-10-20(19)21/h2-6,8-11,16-17,22-23,26-27H,7,12-15H2,1H3,(H,28,32)(H,29,31)(H,30,33)/t22-,23?/m0/s1. The summed E-state index contributed by atoms with van der Waals surface area (Å²) in [6.45, 7) is 1.08. The molecule has 0 aliphatic rings. The molecule has 8 heteroatoms. The number of amides is 3. The third-order valence-corrected chi connectivity index (χ3v) is 5.55. The molecule has 0 saturated carbocycles. The lowest BCUT2D eigenvalue weighted by Gasteiger charge is -2.22. The molecule has 1 unspecified atom stereocenters. The summed E-state index contributed by atoms with van der Waals surface area (Å²) in [5, 5.41) is 12.4. The van der Waals surface area contributed by atoms with Crippen molar-refractivity contribution in [2.75, 3.05) is 13.6 Å². The molecule has 5 N–H and O–H groups in total. The number of aromatic amines is 1. The average Bonchev–Trinajstić information content (AvgIpc) is 3.25. The molecule has 0 bridgehead atoms. The first kappa shape index (κ1) is 24.0. The fraction of sp³-hybridized carbons (Fsp3) is 0.320. The van der Waals surface area contributed by atoms with Crippen molar-refractivity contribution in [3.63, 3.8) is 0 Å². The van der Waals surface area contributed by atoms with Crippen molar-refractivity contribution >= 4 is 29.1 Å². The highest BCUT2D eigenvalue weighted by atomic mass is 16.2. The summed E-state index contributed by atoms with van der Waals surface area (Å²) in [7, 11) is 1.83. The molecule has 8 nitrogen and oxygen atoms in total. The molecule has 3 aromatic rings. The maximum atomic E-state index is 13.1. The van der Waals surface area contributed by atoms with E-state index >= 15 is 0 Å². The van der Waals surface area contributed by atoms with Crippen molar-refractivity contribution in [3.05, 3.63) is 71.9 Å². The van der Waals surface area contributed by atoms with Gasteiger partial charge in [-0.3, -0.25) is 14.4 Å². The van der Waals surface area contributed by atoms with Crippen LogP contribution in [0.1, 0.15) is 24.0 Å². The summed E-state index contributed by atoms with van der Waals surface area (Å²) in [4.78, 5) is 40.3. The molecule has 0 aliphatic heterocycles. The van der Waals surface area contributed by atoms with Crippen LogP contribution >= 0.6 is 0 Å². The first-order valence-electron chi connectivity index (χ1n) is 11.1. The van der Waals surface area contributed by atoms with Crippen LogP contribution in [0.25, 0.3) is 10.9 Å². The Morgan fingerprint density at radius 1 is 1.00 bits per heavy atom. The normalized spacial score (nSPS) is 12.6. The molecule has 33 heavy (non-hydrogen) atoms. The van der Waals surface area contributed by atoms with Crippen LogP contribution in [-0.2, 0) is 27.3 Å². The topological polar surface area (TPSA) is 115 Å². The number of benzene rings is 2. The molecular formula is C25H31N5O3. The van der Waals surface area contributed by atoms with Gasteiger partial charge in [-0.15, -0.1) is 0 Å². The highest BCUT2D eigenvalue weighted by molar-refractivity contribution is 5.91. The average molecular weight is 450 g/mol. The zero-order chi connectivity index (χ0) is 23.5. The summed E-state index contributed by atoms with van der Waals surface area (Å²) in [5.41, 5.74) is 2.87. The first-order valence-corrected chi connectivity index (χ1v) is 11.1. The minimum Gasteiger partial charge on any atom is -0.361 e. The van der Waals surface area contributed by atoms with Crippen LogP contribution in [0.4, 0.5) is 0 Å². The summed E-state index contributed by atoms with van der Waals surface area (Å²) in [6.07, 6.45) is 3.89. The molecule has 2 aromatic carbocycles. The smallest absolute Gasteiger partial charge is 0.243 e. The second-order valence-electron chi connectivity index (χ2n) is 7.91. The van der Waals surface area contributed by atoms with E-state index in [9.17, 15) is 14.4 Å². The minimum atomic E-state index is -0.791. The lowest BCUT2D eigenvalue weighted by molar-refractivity contribution is -0.130. The van der Waals surface area contributed by atoms with Crippen molar-refractivity contribution < 1.29 is 14.4 Å². The Morgan fingerprint density at radius 3 is 2.52 bits per heavy atom. The van der Waals surface area contributed by atoms with Crippen LogP contribution < -0.4 is 21.3 Å². The van der Waals surface area contributed by atoms with E-state index in [0.29, 0.717) is 32.2 Å². The van der Waals surface area contributed by atoms with Crippen molar-refractivity contribution in [3.8, 4) is 0 Å². The molecule has 174 valence electrons. The van der Waals surface area contributed by atoms with Crippen LogP contribution in [0.15, 0.2) is 60.8 Å². The molecule has 0 radical (unpaired) electrons. The number of hydrogen-bond acceptors (Lipinski definition) is 4. The zero-order valence-electron chi connectivity index (χ0n) is 18.8. The second kappa shape index (κ2) is 12.4. The number of hydrogen-bond donors (Lipinski definition) is 5. The Balaban J connectivity index is 1.75. The van der Waals surface area contributed by atoms with Gasteiger partial charge in [0.15, 0.2) is 0 Å². The Kier molecular flexibility index (Phi) is 9.02. The van der Waals surface area contributed by atoms with Crippen LogP contribution in [0.2, 0.25) is 0 Å². The monoisotopic (exact) mass is 449 g/mol. The SMILES string of the molecule is CNCCC[C@H](NC=O)C(=O)NC(Cc1c[nH]c2ccccc12)C(=O)NCc1ccccc1. The van der Waals surface area contributed by atoms with Crippen molar-refractivity contribution in [1.29, 1.82) is 0 Å². The van der Waals surface area contributed by atoms with Gasteiger partial charge in [0.25, 0.3) is 0 Å². The number of para-hydroxylation sites is 1. The fourth-order valence-electron chi connectivity index (χ4n) is 3.77. The number of rotatable bonds is 13. The molecule has 0 spiro atoms.